The van der Waals surface area contributed by atoms with Crippen LogP contribution in [0.25, 0.3) is 0 Å². The molecule has 2 atom stereocenters. The fourth-order valence-electron chi connectivity index (χ4n) is 2.63. The summed E-state index contributed by atoms with van der Waals surface area (Å²) in [5.41, 5.74) is 7.23. The van der Waals surface area contributed by atoms with E-state index in [2.05, 4.69) is 25.7 Å². The number of hydrogen-bond donors (Lipinski definition) is 1. The zero-order valence-electron chi connectivity index (χ0n) is 13.4. The lowest BCUT2D eigenvalue weighted by Crippen LogP contribution is -2.47. The van der Waals surface area contributed by atoms with Crippen molar-refractivity contribution >= 4 is 0 Å². The molecule has 2 N–H and O–H groups in total. The van der Waals surface area contributed by atoms with Crippen LogP contribution in [0.5, 0.6) is 5.75 Å². The van der Waals surface area contributed by atoms with Crippen molar-refractivity contribution in [2.75, 3.05) is 26.3 Å². The van der Waals surface area contributed by atoms with Gasteiger partial charge in [0.2, 0.25) is 0 Å². The third-order valence-electron chi connectivity index (χ3n) is 4.08. The van der Waals surface area contributed by atoms with Crippen LogP contribution in [-0.4, -0.2) is 43.3 Å². The van der Waals surface area contributed by atoms with E-state index in [0.29, 0.717) is 12.6 Å². The van der Waals surface area contributed by atoms with Gasteiger partial charge in [0.1, 0.15) is 18.5 Å². The van der Waals surface area contributed by atoms with Crippen LogP contribution < -0.4 is 10.5 Å². The van der Waals surface area contributed by atoms with Gasteiger partial charge in [0.15, 0.2) is 0 Å². The highest BCUT2D eigenvalue weighted by molar-refractivity contribution is 5.35. The number of para-hydroxylation sites is 1. The molecule has 0 aromatic heterocycles. The summed E-state index contributed by atoms with van der Waals surface area (Å²) in [6.45, 7) is 9.83. The monoisotopic (exact) mass is 292 g/mol. The van der Waals surface area contributed by atoms with Crippen LogP contribution >= 0.6 is 0 Å². The summed E-state index contributed by atoms with van der Waals surface area (Å²) in [5.74, 6) is 0.886. The first-order valence-electron chi connectivity index (χ1n) is 7.94. The van der Waals surface area contributed by atoms with Crippen LogP contribution in [0.3, 0.4) is 0 Å². The summed E-state index contributed by atoms with van der Waals surface area (Å²) in [7, 11) is 0. The second kappa shape index (κ2) is 7.78. The summed E-state index contributed by atoms with van der Waals surface area (Å²) in [6.07, 6.45) is 1.04. The largest absolute Gasteiger partial charge is 0.490 e. The number of morpholine rings is 1. The molecule has 1 aromatic carbocycles. The minimum Gasteiger partial charge on any atom is -0.490 e. The van der Waals surface area contributed by atoms with Gasteiger partial charge in [-0.05, 0) is 26.3 Å². The molecule has 1 saturated heterocycles. The lowest BCUT2D eigenvalue weighted by atomic mass is 10.0. The second-order valence-corrected chi connectivity index (χ2v) is 5.95. The Morgan fingerprint density at radius 1 is 1.38 bits per heavy atom. The quantitative estimate of drug-likeness (QED) is 0.875. The van der Waals surface area contributed by atoms with E-state index >= 15 is 0 Å². The summed E-state index contributed by atoms with van der Waals surface area (Å²) in [4.78, 5) is 2.43. The first-order valence-corrected chi connectivity index (χ1v) is 7.94. The summed E-state index contributed by atoms with van der Waals surface area (Å²) in [6, 6.07) is 8.62. The SMILES string of the molecule is CCC(N)c1ccccc1OCC1CN(C(C)C)CCO1. The van der Waals surface area contributed by atoms with Crippen molar-refractivity contribution in [1.82, 2.24) is 4.90 Å². The average Bonchev–Trinajstić information content (AvgIpc) is 2.52. The Labute approximate surface area is 128 Å². The fraction of sp³-hybridized carbons (Fsp3) is 0.647. The van der Waals surface area contributed by atoms with E-state index in [-0.39, 0.29) is 12.1 Å². The normalized spacial score (nSPS) is 21.5. The number of benzene rings is 1. The molecule has 4 nitrogen and oxygen atoms in total. The Morgan fingerprint density at radius 2 is 2.14 bits per heavy atom. The maximum absolute atomic E-state index is 6.15. The van der Waals surface area contributed by atoms with Gasteiger partial charge >= 0.3 is 0 Å². The van der Waals surface area contributed by atoms with Crippen LogP contribution in [0, 0.1) is 0 Å². The minimum atomic E-state index is 0.0284. The molecule has 1 aromatic rings. The van der Waals surface area contributed by atoms with Crippen molar-refractivity contribution < 1.29 is 9.47 Å². The van der Waals surface area contributed by atoms with Crippen LogP contribution in [-0.2, 0) is 4.74 Å². The molecule has 0 aliphatic carbocycles. The van der Waals surface area contributed by atoms with Gasteiger partial charge in [-0.1, -0.05) is 25.1 Å². The zero-order valence-corrected chi connectivity index (χ0v) is 13.4. The smallest absolute Gasteiger partial charge is 0.124 e. The molecule has 0 spiro atoms. The van der Waals surface area contributed by atoms with Gasteiger partial charge in [-0.2, -0.15) is 0 Å². The van der Waals surface area contributed by atoms with Crippen LogP contribution in [0.2, 0.25) is 0 Å². The summed E-state index contributed by atoms with van der Waals surface area (Å²) in [5, 5.41) is 0. The van der Waals surface area contributed by atoms with Gasteiger partial charge in [-0.3, -0.25) is 4.90 Å². The highest BCUT2D eigenvalue weighted by atomic mass is 16.5. The molecule has 1 aliphatic heterocycles. The molecule has 0 amide bonds. The maximum Gasteiger partial charge on any atom is 0.124 e. The molecule has 0 radical (unpaired) electrons. The lowest BCUT2D eigenvalue weighted by Gasteiger charge is -2.35. The molecule has 1 aliphatic rings. The van der Waals surface area contributed by atoms with E-state index in [1.165, 1.54) is 0 Å². The first-order chi connectivity index (χ1) is 10.1. The topological polar surface area (TPSA) is 47.7 Å². The zero-order chi connectivity index (χ0) is 15.2. The molecule has 118 valence electrons. The predicted molar refractivity (Wildman–Crippen MR) is 85.6 cm³/mol. The van der Waals surface area contributed by atoms with Crippen molar-refractivity contribution in [3.8, 4) is 5.75 Å². The van der Waals surface area contributed by atoms with Gasteiger partial charge < -0.3 is 15.2 Å². The highest BCUT2D eigenvalue weighted by Crippen LogP contribution is 2.25. The van der Waals surface area contributed by atoms with E-state index in [4.69, 9.17) is 15.2 Å². The summed E-state index contributed by atoms with van der Waals surface area (Å²) < 4.78 is 11.8. The Kier molecular flexibility index (Phi) is 6.03. The molecule has 2 rings (SSSR count). The third kappa shape index (κ3) is 4.43. The van der Waals surface area contributed by atoms with Crippen molar-refractivity contribution in [3.63, 3.8) is 0 Å². The number of rotatable bonds is 6. The Hall–Kier alpha value is -1.10. The molecule has 1 fully saturated rings. The van der Waals surface area contributed by atoms with E-state index in [1.54, 1.807) is 0 Å². The Bertz CT molecular complexity index is 437. The van der Waals surface area contributed by atoms with Gasteiger partial charge in [0.25, 0.3) is 0 Å². The van der Waals surface area contributed by atoms with Crippen molar-refractivity contribution in [2.45, 2.75) is 45.4 Å². The van der Waals surface area contributed by atoms with E-state index < -0.39 is 0 Å². The van der Waals surface area contributed by atoms with E-state index in [1.807, 2.05) is 24.3 Å². The number of nitrogens with two attached hydrogens (primary N) is 1. The molecule has 2 unspecified atom stereocenters. The van der Waals surface area contributed by atoms with Crippen molar-refractivity contribution in [3.05, 3.63) is 29.8 Å². The molecule has 4 heteroatoms. The maximum atomic E-state index is 6.15. The molecule has 0 saturated carbocycles. The van der Waals surface area contributed by atoms with Gasteiger partial charge in [0.05, 0.1) is 6.61 Å². The Morgan fingerprint density at radius 3 is 2.86 bits per heavy atom. The predicted octanol–water partition coefficient (Wildman–Crippen LogP) is 2.58. The number of ether oxygens (including phenoxy) is 2. The lowest BCUT2D eigenvalue weighted by molar-refractivity contribution is -0.0565. The van der Waals surface area contributed by atoms with Crippen LogP contribution in [0.4, 0.5) is 0 Å². The van der Waals surface area contributed by atoms with Crippen LogP contribution in [0.15, 0.2) is 24.3 Å². The molecular formula is C17H28N2O2. The molecule has 1 heterocycles. The molecule has 21 heavy (non-hydrogen) atoms. The van der Waals surface area contributed by atoms with Gasteiger partial charge in [0, 0.05) is 30.7 Å². The van der Waals surface area contributed by atoms with Gasteiger partial charge in [-0.15, -0.1) is 0 Å². The summed E-state index contributed by atoms with van der Waals surface area (Å²) >= 11 is 0. The number of nitrogens with zero attached hydrogens (tertiary/aromatic N) is 1. The minimum absolute atomic E-state index is 0.0284. The molecule has 0 bridgehead atoms. The number of hydrogen-bond acceptors (Lipinski definition) is 4. The van der Waals surface area contributed by atoms with Crippen molar-refractivity contribution in [2.24, 2.45) is 5.73 Å². The third-order valence-corrected chi connectivity index (χ3v) is 4.08. The second-order valence-electron chi connectivity index (χ2n) is 5.95. The van der Waals surface area contributed by atoms with Crippen LogP contribution in [0.1, 0.15) is 38.8 Å². The van der Waals surface area contributed by atoms with Gasteiger partial charge in [-0.25, -0.2) is 0 Å². The standard InChI is InChI=1S/C17H28N2O2/c1-4-16(18)15-7-5-6-8-17(15)21-12-14-11-19(13(2)3)9-10-20-14/h5-8,13-14,16H,4,9-12,18H2,1-3H3. The molecular weight excluding hydrogens is 264 g/mol. The fourth-order valence-corrected chi connectivity index (χ4v) is 2.63. The van der Waals surface area contributed by atoms with E-state index in [9.17, 15) is 0 Å². The highest BCUT2D eigenvalue weighted by Gasteiger charge is 2.23. The van der Waals surface area contributed by atoms with Crippen molar-refractivity contribution in [1.29, 1.82) is 0 Å². The average molecular weight is 292 g/mol. The Balaban J connectivity index is 1.94. The van der Waals surface area contributed by atoms with E-state index in [0.717, 1.165) is 37.4 Å². The first kappa shape index (κ1) is 16.3.